The van der Waals surface area contributed by atoms with Crippen molar-refractivity contribution < 1.29 is 13.6 Å². The number of hydrogen-bond donors (Lipinski definition) is 1. The zero-order valence-corrected chi connectivity index (χ0v) is 6.53. The molecule has 0 heterocycles. The van der Waals surface area contributed by atoms with Gasteiger partial charge in [0.2, 0.25) is 0 Å². The number of nitrogen functional groups attached to an aromatic ring is 1. The highest BCUT2D eigenvalue weighted by Gasteiger charge is 2.13. The minimum absolute atomic E-state index is 0.241. The normalized spacial score (nSPS) is 9.92. The number of rotatable bonds is 1. The lowest BCUT2D eigenvalue weighted by Gasteiger charge is -2.02. The van der Waals surface area contributed by atoms with Crippen molar-refractivity contribution in [1.82, 2.24) is 0 Å². The molecule has 1 aromatic rings. The molecule has 5 heteroatoms. The van der Waals surface area contributed by atoms with Crippen molar-refractivity contribution in [1.29, 1.82) is 0 Å². The lowest BCUT2D eigenvalue weighted by molar-refractivity contribution is 0.112. The van der Waals surface area contributed by atoms with Crippen molar-refractivity contribution >= 4 is 23.6 Å². The maximum Gasteiger partial charge on any atom is 0.168 e. The number of hydrogen-bond acceptors (Lipinski definition) is 2. The van der Waals surface area contributed by atoms with Crippen molar-refractivity contribution in [2.75, 3.05) is 5.73 Å². The van der Waals surface area contributed by atoms with Crippen LogP contribution in [0.25, 0.3) is 0 Å². The molecule has 0 amide bonds. The number of nitrogens with two attached hydrogens (primary N) is 1. The molecule has 0 radical (unpaired) electrons. The second-order valence-corrected chi connectivity index (χ2v) is 2.49. The quantitative estimate of drug-likeness (QED) is 0.419. The van der Waals surface area contributed by atoms with E-state index in [2.05, 4.69) is 0 Å². The molecule has 0 atom stereocenters. The predicted octanol–water partition coefficient (Wildman–Crippen LogP) is 2.01. The topological polar surface area (TPSA) is 43.1 Å². The van der Waals surface area contributed by atoms with Crippen LogP contribution in [0.5, 0.6) is 0 Å². The molecule has 0 spiro atoms. The van der Waals surface area contributed by atoms with Gasteiger partial charge in [0.1, 0.15) is 10.8 Å². The van der Waals surface area contributed by atoms with Crippen molar-refractivity contribution in [2.45, 2.75) is 0 Å². The fourth-order valence-corrected chi connectivity index (χ4v) is 0.881. The Bertz CT molecular complexity index is 341. The highest BCUT2D eigenvalue weighted by molar-refractivity contribution is 6.31. The minimum Gasteiger partial charge on any atom is -0.396 e. The highest BCUT2D eigenvalue weighted by atomic mass is 35.5. The molecular weight excluding hydrogens is 188 g/mol. The van der Waals surface area contributed by atoms with Gasteiger partial charge in [0.15, 0.2) is 12.1 Å². The average molecular weight is 192 g/mol. The van der Waals surface area contributed by atoms with Crippen molar-refractivity contribution in [2.24, 2.45) is 0 Å². The number of carbonyl (C=O) groups excluding carboxylic acids is 1. The van der Waals surface area contributed by atoms with Crippen molar-refractivity contribution in [3.8, 4) is 0 Å². The van der Waals surface area contributed by atoms with Gasteiger partial charge in [-0.1, -0.05) is 11.6 Å². The molecule has 0 bridgehead atoms. The Morgan fingerprint density at radius 2 is 2.08 bits per heavy atom. The Hall–Kier alpha value is -1.16. The number of aldehydes is 1. The summed E-state index contributed by atoms with van der Waals surface area (Å²) in [5, 5.41) is -0.696. The molecule has 64 valence electrons. The zero-order valence-electron chi connectivity index (χ0n) is 5.77. The molecule has 0 aliphatic heterocycles. The van der Waals surface area contributed by atoms with Gasteiger partial charge < -0.3 is 5.73 Å². The molecule has 1 rings (SSSR count). The zero-order chi connectivity index (χ0) is 9.30. The third-order valence-corrected chi connectivity index (χ3v) is 1.71. The third-order valence-electron chi connectivity index (χ3n) is 1.36. The van der Waals surface area contributed by atoms with Crippen LogP contribution in [0.2, 0.25) is 5.02 Å². The van der Waals surface area contributed by atoms with E-state index in [0.29, 0.717) is 0 Å². The van der Waals surface area contributed by atoms with E-state index in [0.717, 1.165) is 6.07 Å². The average Bonchev–Trinajstić information content (AvgIpc) is 2.08. The molecular formula is C7H4ClF2NO. The summed E-state index contributed by atoms with van der Waals surface area (Å²) in [7, 11) is 0. The Labute approximate surface area is 71.9 Å². The molecule has 0 fully saturated rings. The molecule has 0 aromatic heterocycles. The van der Waals surface area contributed by atoms with Gasteiger partial charge in [0.05, 0.1) is 5.69 Å². The van der Waals surface area contributed by atoms with Gasteiger partial charge >= 0.3 is 0 Å². The van der Waals surface area contributed by atoms with E-state index in [4.69, 9.17) is 17.3 Å². The first-order chi connectivity index (χ1) is 5.57. The smallest absolute Gasteiger partial charge is 0.168 e. The number of halogens is 3. The van der Waals surface area contributed by atoms with Crippen LogP contribution in [0.4, 0.5) is 14.5 Å². The van der Waals surface area contributed by atoms with E-state index in [1.807, 2.05) is 0 Å². The maximum atomic E-state index is 12.8. The molecule has 0 saturated heterocycles. The van der Waals surface area contributed by atoms with Gasteiger partial charge in [-0.2, -0.15) is 0 Å². The summed E-state index contributed by atoms with van der Waals surface area (Å²) in [6.45, 7) is 0. The second-order valence-electron chi connectivity index (χ2n) is 2.11. The fraction of sp³-hybridized carbons (Fsp3) is 0. The summed E-state index contributed by atoms with van der Waals surface area (Å²) in [6, 6.07) is 0.785. The van der Waals surface area contributed by atoms with Gasteiger partial charge in [0, 0.05) is 5.56 Å². The van der Waals surface area contributed by atoms with Crippen LogP contribution >= 0.6 is 11.6 Å². The molecule has 12 heavy (non-hydrogen) atoms. The first-order valence-corrected chi connectivity index (χ1v) is 3.34. The van der Waals surface area contributed by atoms with Crippen molar-refractivity contribution in [3.63, 3.8) is 0 Å². The maximum absolute atomic E-state index is 12.8. The second kappa shape index (κ2) is 3.06. The lowest BCUT2D eigenvalue weighted by atomic mass is 10.2. The summed E-state index contributed by atoms with van der Waals surface area (Å²) >= 11 is 5.17. The summed E-state index contributed by atoms with van der Waals surface area (Å²) in [5.74, 6) is -2.09. The lowest BCUT2D eigenvalue weighted by Crippen LogP contribution is -1.99. The Kier molecular flexibility index (Phi) is 2.28. The summed E-state index contributed by atoms with van der Waals surface area (Å²) in [5.41, 5.74) is 4.43. The van der Waals surface area contributed by atoms with Crippen LogP contribution < -0.4 is 5.73 Å². The van der Waals surface area contributed by atoms with Crippen LogP contribution in [0.3, 0.4) is 0 Å². The molecule has 2 nitrogen and oxygen atoms in total. The number of carbonyl (C=O) groups is 1. The predicted molar refractivity (Wildman–Crippen MR) is 41.2 cm³/mol. The van der Waals surface area contributed by atoms with E-state index in [9.17, 15) is 13.6 Å². The van der Waals surface area contributed by atoms with E-state index in [-0.39, 0.29) is 11.8 Å². The minimum atomic E-state index is -1.10. The van der Waals surface area contributed by atoms with Gasteiger partial charge in [-0.25, -0.2) is 8.78 Å². The molecule has 0 unspecified atom stereocenters. The molecule has 1 aromatic carbocycles. The summed E-state index contributed by atoms with van der Waals surface area (Å²) < 4.78 is 25.4. The Morgan fingerprint density at radius 3 is 2.58 bits per heavy atom. The first-order valence-electron chi connectivity index (χ1n) is 2.96. The van der Waals surface area contributed by atoms with E-state index in [1.165, 1.54) is 0 Å². The van der Waals surface area contributed by atoms with Crippen LogP contribution in [-0.2, 0) is 0 Å². The van der Waals surface area contributed by atoms with Crippen LogP contribution in [0.15, 0.2) is 6.07 Å². The van der Waals surface area contributed by atoms with Crippen LogP contribution in [0.1, 0.15) is 10.4 Å². The van der Waals surface area contributed by atoms with E-state index >= 15 is 0 Å². The first kappa shape index (κ1) is 8.93. The monoisotopic (exact) mass is 191 g/mol. The number of benzene rings is 1. The van der Waals surface area contributed by atoms with Crippen LogP contribution in [0, 0.1) is 11.6 Å². The molecule has 0 aliphatic rings. The Morgan fingerprint density at radius 1 is 1.50 bits per heavy atom. The van der Waals surface area contributed by atoms with Gasteiger partial charge in [0.25, 0.3) is 0 Å². The standard InChI is InChI=1S/C7H4ClF2NO/c8-5-4(9)1-3(2-12)7(11)6(5)10/h1-2H,11H2. The highest BCUT2D eigenvalue weighted by Crippen LogP contribution is 2.25. The SMILES string of the molecule is Nc1c(C=O)cc(F)c(Cl)c1F. The molecule has 0 saturated carbocycles. The van der Waals surface area contributed by atoms with Gasteiger partial charge in [-0.15, -0.1) is 0 Å². The van der Waals surface area contributed by atoms with Crippen molar-refractivity contribution in [3.05, 3.63) is 28.3 Å². The van der Waals surface area contributed by atoms with E-state index in [1.54, 1.807) is 0 Å². The summed E-state index contributed by atoms with van der Waals surface area (Å²) in [4.78, 5) is 10.2. The number of anilines is 1. The Balaban J connectivity index is 3.49. The molecule has 2 N–H and O–H groups in total. The van der Waals surface area contributed by atoms with Gasteiger partial charge in [-0.3, -0.25) is 4.79 Å². The third kappa shape index (κ3) is 1.25. The summed E-state index contributed by atoms with van der Waals surface area (Å²) in [6.07, 6.45) is 0.262. The van der Waals surface area contributed by atoms with E-state index < -0.39 is 22.3 Å². The molecule has 0 aliphatic carbocycles. The van der Waals surface area contributed by atoms with Crippen LogP contribution in [-0.4, -0.2) is 6.29 Å². The van der Waals surface area contributed by atoms with Gasteiger partial charge in [-0.05, 0) is 6.07 Å². The largest absolute Gasteiger partial charge is 0.396 e. The fourth-order valence-electron chi connectivity index (χ4n) is 0.725.